The lowest BCUT2D eigenvalue weighted by atomic mass is 10.4. The van der Waals surface area contributed by atoms with Crippen molar-refractivity contribution in [2.45, 2.75) is 26.3 Å². The summed E-state index contributed by atoms with van der Waals surface area (Å²) in [6, 6.07) is 0. The molecule has 16 heavy (non-hydrogen) atoms. The number of rotatable bonds is 6. The molecule has 1 aromatic heterocycles. The minimum absolute atomic E-state index is 0.218. The summed E-state index contributed by atoms with van der Waals surface area (Å²) >= 11 is 1.71. The van der Waals surface area contributed by atoms with Crippen LogP contribution in [0.3, 0.4) is 0 Å². The average Bonchev–Trinajstić information content (AvgIpc) is 3.03. The number of carbonyl (C=O) groups excluding carboxylic acids is 1. The van der Waals surface area contributed by atoms with Gasteiger partial charge >= 0.3 is 0 Å². The van der Waals surface area contributed by atoms with E-state index in [4.69, 9.17) is 0 Å². The fourth-order valence-corrected chi connectivity index (χ4v) is 2.23. The molecule has 0 atom stereocenters. The Labute approximate surface area is 99.5 Å². The Kier molecular flexibility index (Phi) is 3.90. The van der Waals surface area contributed by atoms with Crippen molar-refractivity contribution in [3.8, 4) is 0 Å². The number of thiazole rings is 1. The lowest BCUT2D eigenvalue weighted by Gasteiger charge is -2.04. The predicted molar refractivity (Wildman–Crippen MR) is 64.3 cm³/mol. The third-order valence-electron chi connectivity index (χ3n) is 2.52. The van der Waals surface area contributed by atoms with Gasteiger partial charge in [0.05, 0.1) is 5.01 Å². The third-order valence-corrected chi connectivity index (χ3v) is 3.43. The van der Waals surface area contributed by atoms with Crippen molar-refractivity contribution in [3.05, 3.63) is 16.1 Å². The van der Waals surface area contributed by atoms with Crippen LogP contribution in [0.4, 0.5) is 0 Å². The molecule has 1 aliphatic rings. The Morgan fingerprint density at radius 2 is 2.38 bits per heavy atom. The maximum atomic E-state index is 11.3. The second-order valence-corrected chi connectivity index (χ2v) is 5.41. The SMILES string of the molecule is Cc1ncc(CNCCNC(=O)C2CC2)s1. The molecule has 4 nitrogen and oxygen atoms in total. The van der Waals surface area contributed by atoms with Crippen LogP contribution in [0.1, 0.15) is 22.7 Å². The molecule has 1 fully saturated rings. The summed E-state index contributed by atoms with van der Waals surface area (Å²) in [5.41, 5.74) is 0. The highest BCUT2D eigenvalue weighted by atomic mass is 32.1. The van der Waals surface area contributed by atoms with E-state index in [2.05, 4.69) is 15.6 Å². The van der Waals surface area contributed by atoms with Gasteiger partial charge < -0.3 is 10.6 Å². The Bertz CT molecular complexity index is 360. The minimum Gasteiger partial charge on any atom is -0.355 e. The Morgan fingerprint density at radius 3 is 3.00 bits per heavy atom. The Hall–Kier alpha value is -0.940. The van der Waals surface area contributed by atoms with Crippen LogP contribution in [-0.4, -0.2) is 24.0 Å². The van der Waals surface area contributed by atoms with Gasteiger partial charge in [-0.3, -0.25) is 4.79 Å². The van der Waals surface area contributed by atoms with Crippen molar-refractivity contribution in [3.63, 3.8) is 0 Å². The van der Waals surface area contributed by atoms with Crippen molar-refractivity contribution >= 4 is 17.2 Å². The molecule has 1 aliphatic carbocycles. The fraction of sp³-hybridized carbons (Fsp3) is 0.636. The molecule has 0 unspecified atom stereocenters. The molecule has 0 radical (unpaired) electrons. The Balaban J connectivity index is 1.53. The molecule has 0 saturated heterocycles. The number of nitrogens with one attached hydrogen (secondary N) is 2. The van der Waals surface area contributed by atoms with E-state index in [0.717, 1.165) is 30.9 Å². The van der Waals surface area contributed by atoms with Gasteiger partial charge in [0.1, 0.15) is 0 Å². The lowest BCUT2D eigenvalue weighted by Crippen LogP contribution is -2.32. The molecule has 88 valence electrons. The molecule has 1 aromatic rings. The quantitative estimate of drug-likeness (QED) is 0.730. The van der Waals surface area contributed by atoms with E-state index < -0.39 is 0 Å². The zero-order valence-electron chi connectivity index (χ0n) is 9.45. The van der Waals surface area contributed by atoms with Crippen LogP contribution in [0.2, 0.25) is 0 Å². The smallest absolute Gasteiger partial charge is 0.223 e. The monoisotopic (exact) mass is 239 g/mol. The van der Waals surface area contributed by atoms with Crippen molar-refractivity contribution in [1.29, 1.82) is 0 Å². The zero-order chi connectivity index (χ0) is 11.4. The first-order valence-corrected chi connectivity index (χ1v) is 6.47. The van der Waals surface area contributed by atoms with E-state index in [1.54, 1.807) is 11.3 Å². The van der Waals surface area contributed by atoms with Crippen molar-refractivity contribution < 1.29 is 4.79 Å². The summed E-state index contributed by atoms with van der Waals surface area (Å²) in [6.45, 7) is 4.37. The maximum Gasteiger partial charge on any atom is 0.223 e. The fourth-order valence-electron chi connectivity index (χ4n) is 1.46. The summed E-state index contributed by atoms with van der Waals surface area (Å²) in [7, 11) is 0. The molecule has 1 amide bonds. The average molecular weight is 239 g/mol. The highest BCUT2D eigenvalue weighted by Crippen LogP contribution is 2.28. The van der Waals surface area contributed by atoms with E-state index in [0.29, 0.717) is 12.5 Å². The topological polar surface area (TPSA) is 54.0 Å². The molecule has 1 heterocycles. The maximum absolute atomic E-state index is 11.3. The van der Waals surface area contributed by atoms with Gasteiger partial charge in [-0.25, -0.2) is 4.98 Å². The molecule has 1 saturated carbocycles. The number of aryl methyl sites for hydroxylation is 1. The van der Waals surface area contributed by atoms with Crippen LogP contribution < -0.4 is 10.6 Å². The van der Waals surface area contributed by atoms with Crippen LogP contribution in [0.15, 0.2) is 6.20 Å². The van der Waals surface area contributed by atoms with Gasteiger partial charge in [0.2, 0.25) is 5.91 Å². The highest BCUT2D eigenvalue weighted by molar-refractivity contribution is 7.11. The summed E-state index contributed by atoms with van der Waals surface area (Å²) in [5.74, 6) is 0.527. The number of amides is 1. The molecular formula is C11H17N3OS. The highest BCUT2D eigenvalue weighted by Gasteiger charge is 2.28. The second-order valence-electron chi connectivity index (χ2n) is 4.09. The van der Waals surface area contributed by atoms with Crippen molar-refractivity contribution in [2.75, 3.05) is 13.1 Å². The third kappa shape index (κ3) is 3.57. The number of aromatic nitrogens is 1. The summed E-state index contributed by atoms with van der Waals surface area (Å²) in [6.07, 6.45) is 4.04. The first-order valence-electron chi connectivity index (χ1n) is 5.65. The van der Waals surface area contributed by atoms with Gasteiger partial charge in [0.25, 0.3) is 0 Å². The van der Waals surface area contributed by atoms with E-state index in [1.165, 1.54) is 4.88 Å². The van der Waals surface area contributed by atoms with Crippen LogP contribution >= 0.6 is 11.3 Å². The summed E-state index contributed by atoms with van der Waals surface area (Å²) in [4.78, 5) is 16.7. The molecule has 0 spiro atoms. The molecule has 0 aliphatic heterocycles. The number of carbonyl (C=O) groups is 1. The number of hydrogen-bond acceptors (Lipinski definition) is 4. The van der Waals surface area contributed by atoms with E-state index >= 15 is 0 Å². The molecule has 2 N–H and O–H groups in total. The van der Waals surface area contributed by atoms with Gasteiger partial charge in [-0.15, -0.1) is 11.3 Å². The first kappa shape index (κ1) is 11.5. The molecule has 0 bridgehead atoms. The zero-order valence-corrected chi connectivity index (χ0v) is 10.3. The molecule has 5 heteroatoms. The number of hydrogen-bond donors (Lipinski definition) is 2. The van der Waals surface area contributed by atoms with Gasteiger partial charge in [-0.2, -0.15) is 0 Å². The summed E-state index contributed by atoms with van der Waals surface area (Å²) < 4.78 is 0. The van der Waals surface area contributed by atoms with Gasteiger partial charge in [-0.05, 0) is 19.8 Å². The van der Waals surface area contributed by atoms with Gasteiger partial charge in [-0.1, -0.05) is 0 Å². The summed E-state index contributed by atoms with van der Waals surface area (Å²) in [5, 5.41) is 7.30. The largest absolute Gasteiger partial charge is 0.355 e. The van der Waals surface area contributed by atoms with Crippen LogP contribution in [0.5, 0.6) is 0 Å². The van der Waals surface area contributed by atoms with E-state index in [-0.39, 0.29) is 5.91 Å². The molecular weight excluding hydrogens is 222 g/mol. The first-order chi connectivity index (χ1) is 7.75. The van der Waals surface area contributed by atoms with Gasteiger partial charge in [0.15, 0.2) is 0 Å². The standard InChI is InChI=1S/C11H17N3OS/c1-8-14-7-10(16-8)6-12-4-5-13-11(15)9-2-3-9/h7,9,12H,2-6H2,1H3,(H,13,15). The van der Waals surface area contributed by atoms with Crippen LogP contribution in [-0.2, 0) is 11.3 Å². The molecule has 2 rings (SSSR count). The normalized spacial score (nSPS) is 15.1. The number of nitrogens with zero attached hydrogens (tertiary/aromatic N) is 1. The Morgan fingerprint density at radius 1 is 1.56 bits per heavy atom. The minimum atomic E-state index is 0.218. The second kappa shape index (κ2) is 5.41. The van der Waals surface area contributed by atoms with Crippen molar-refractivity contribution in [2.24, 2.45) is 5.92 Å². The van der Waals surface area contributed by atoms with E-state index in [1.807, 2.05) is 13.1 Å². The van der Waals surface area contributed by atoms with Crippen LogP contribution in [0.25, 0.3) is 0 Å². The van der Waals surface area contributed by atoms with Gasteiger partial charge in [0, 0.05) is 36.6 Å². The predicted octanol–water partition coefficient (Wildman–Crippen LogP) is 1.07. The van der Waals surface area contributed by atoms with Crippen molar-refractivity contribution in [1.82, 2.24) is 15.6 Å². The van der Waals surface area contributed by atoms with E-state index in [9.17, 15) is 4.79 Å². The molecule has 0 aromatic carbocycles. The lowest BCUT2D eigenvalue weighted by molar-refractivity contribution is -0.122. The van der Waals surface area contributed by atoms with Crippen LogP contribution in [0, 0.1) is 12.8 Å².